The quantitative estimate of drug-likeness (QED) is 0.0324. The van der Waals surface area contributed by atoms with Crippen molar-refractivity contribution in [3.05, 3.63) is 157 Å². The van der Waals surface area contributed by atoms with E-state index in [1.165, 1.54) is 83.1 Å². The number of aryl methyl sites for hydroxylation is 4. The summed E-state index contributed by atoms with van der Waals surface area (Å²) >= 11 is 0.863. The molecule has 0 unspecified atom stereocenters. The van der Waals surface area contributed by atoms with Crippen LogP contribution in [0.4, 0.5) is 0 Å². The van der Waals surface area contributed by atoms with Crippen LogP contribution < -0.4 is 0 Å². The van der Waals surface area contributed by atoms with Gasteiger partial charge in [0.1, 0.15) is 0 Å². The van der Waals surface area contributed by atoms with Crippen LogP contribution in [0.2, 0.25) is 0 Å². The fourth-order valence-electron chi connectivity index (χ4n) is 9.00. The molecule has 4 aromatic rings. The number of hydrogen-bond acceptors (Lipinski definition) is 2. The van der Waals surface area contributed by atoms with Gasteiger partial charge in [0.15, 0.2) is 0 Å². The van der Waals surface area contributed by atoms with Gasteiger partial charge in [0.2, 0.25) is 11.4 Å². The van der Waals surface area contributed by atoms with E-state index in [0.29, 0.717) is 13.2 Å². The molecule has 5 heteroatoms. The Bertz CT molecular complexity index is 1820. The van der Waals surface area contributed by atoms with Crippen molar-refractivity contribution in [3.8, 4) is 0 Å². The van der Waals surface area contributed by atoms with Gasteiger partial charge in [-0.2, -0.15) is 0 Å². The molecule has 0 aliphatic carbocycles. The SMILES string of the molecule is CCCCC1=C(c2cc(CCC)c(CCCC)c(CCC)c2)[N+](=[N-])C(c2cc(CCC)c(CCCC)c(CCC)c2)=C1CCCC.c1ccc(C[O][Ni][O]Cc2ccccc2)cc1. The standard InChI is InChI=1S/C44H68N2.2C7H7O.Ni/c1-9-17-25-39-33(21-13-5)29-37(30-34(39)22-14-6)43-41(27-19-11-3)42(28-20-12-4)44(46(43)45)38-31-35(23-15-7)40(26-18-10-2)36(32-38)24-16-8;2*8-6-7-4-2-1-3-5-7;/h29-32H,9-28H2,1-8H3;2*1-5H,6H2;/q;2*-1;+2. The molecule has 4 nitrogen and oxygen atoms in total. The predicted molar refractivity (Wildman–Crippen MR) is 265 cm³/mol. The van der Waals surface area contributed by atoms with E-state index in [9.17, 15) is 5.53 Å². The summed E-state index contributed by atoms with van der Waals surface area (Å²) < 4.78 is 12.4. The first kappa shape index (κ1) is 52.0. The minimum atomic E-state index is 0.565. The summed E-state index contributed by atoms with van der Waals surface area (Å²) in [6, 6.07) is 30.0. The van der Waals surface area contributed by atoms with E-state index in [1.807, 2.05) is 60.7 Å². The normalized spacial score (nSPS) is 12.7. The van der Waals surface area contributed by atoms with Crippen LogP contribution in [-0.2, 0) is 74.6 Å². The van der Waals surface area contributed by atoms with E-state index < -0.39 is 0 Å². The molecule has 0 bridgehead atoms. The third-order valence-electron chi connectivity index (χ3n) is 12.2. The van der Waals surface area contributed by atoms with Gasteiger partial charge in [0, 0.05) is 22.3 Å². The van der Waals surface area contributed by atoms with Crippen LogP contribution in [0.3, 0.4) is 0 Å². The second-order valence-electron chi connectivity index (χ2n) is 17.4. The summed E-state index contributed by atoms with van der Waals surface area (Å²) in [4.78, 5) is 0. The van der Waals surface area contributed by atoms with Crippen molar-refractivity contribution in [2.75, 3.05) is 0 Å². The number of allylic oxidation sites excluding steroid dienone is 2. The molecular formula is C58H82N2NiO2. The van der Waals surface area contributed by atoms with Gasteiger partial charge < -0.3 is 5.53 Å². The van der Waals surface area contributed by atoms with Crippen LogP contribution >= 0.6 is 0 Å². The molecule has 0 radical (unpaired) electrons. The topological polar surface area (TPSA) is 43.8 Å². The van der Waals surface area contributed by atoms with Gasteiger partial charge in [0.25, 0.3) is 0 Å². The Morgan fingerprint density at radius 3 is 1.03 bits per heavy atom. The van der Waals surface area contributed by atoms with Crippen LogP contribution in [0.25, 0.3) is 16.9 Å². The van der Waals surface area contributed by atoms with Crippen molar-refractivity contribution >= 4 is 11.4 Å². The minimum absolute atomic E-state index is 0.565. The molecule has 0 saturated carbocycles. The van der Waals surface area contributed by atoms with E-state index in [2.05, 4.69) is 79.7 Å². The van der Waals surface area contributed by atoms with Crippen LogP contribution in [0.15, 0.2) is 96.1 Å². The Morgan fingerprint density at radius 1 is 0.413 bits per heavy atom. The van der Waals surface area contributed by atoms with Crippen LogP contribution in [0, 0.1) is 0 Å². The van der Waals surface area contributed by atoms with Crippen LogP contribution in [0.1, 0.15) is 201 Å². The molecule has 1 aliphatic rings. The molecular weight excluding hydrogens is 815 g/mol. The summed E-state index contributed by atoms with van der Waals surface area (Å²) in [5.74, 6) is 0. The second-order valence-corrected chi connectivity index (χ2v) is 18.2. The zero-order valence-corrected chi connectivity index (χ0v) is 41.7. The second kappa shape index (κ2) is 29.7. The zero-order valence-electron chi connectivity index (χ0n) is 40.7. The number of rotatable bonds is 28. The van der Waals surface area contributed by atoms with Crippen molar-refractivity contribution < 1.29 is 27.5 Å². The summed E-state index contributed by atoms with van der Waals surface area (Å²) in [5.41, 5.74) is 31.4. The van der Waals surface area contributed by atoms with E-state index in [0.717, 1.165) is 127 Å². The first-order valence-electron chi connectivity index (χ1n) is 25.1. The van der Waals surface area contributed by atoms with Crippen molar-refractivity contribution in [3.63, 3.8) is 0 Å². The van der Waals surface area contributed by atoms with E-state index in [1.54, 1.807) is 15.8 Å². The number of unbranched alkanes of at least 4 members (excludes halogenated alkanes) is 4. The molecule has 0 spiro atoms. The summed E-state index contributed by atoms with van der Waals surface area (Å²) in [6.45, 7) is 19.6. The molecule has 0 fully saturated rings. The summed E-state index contributed by atoms with van der Waals surface area (Å²) in [6.07, 6.45) is 22.9. The fraction of sp³-hybridized carbons (Fsp3) is 0.517. The maximum absolute atomic E-state index is 12.5. The fourth-order valence-corrected chi connectivity index (χ4v) is 9.52. The molecule has 1 heterocycles. The van der Waals surface area contributed by atoms with Crippen molar-refractivity contribution in [1.29, 1.82) is 0 Å². The Kier molecular flexibility index (Phi) is 24.6. The van der Waals surface area contributed by atoms with Gasteiger partial charge in [-0.3, -0.25) is 0 Å². The van der Waals surface area contributed by atoms with Gasteiger partial charge in [-0.05, 0) is 135 Å². The van der Waals surface area contributed by atoms with Gasteiger partial charge >= 0.3 is 108 Å². The number of hydrogen-bond donors (Lipinski definition) is 0. The Morgan fingerprint density at radius 2 is 0.730 bits per heavy atom. The zero-order chi connectivity index (χ0) is 45.2. The van der Waals surface area contributed by atoms with Gasteiger partial charge in [-0.25, -0.2) is 4.70 Å². The van der Waals surface area contributed by atoms with Crippen LogP contribution in [-0.4, -0.2) is 4.70 Å². The first-order valence-corrected chi connectivity index (χ1v) is 25.9. The van der Waals surface area contributed by atoms with Crippen LogP contribution in [0.5, 0.6) is 0 Å². The molecule has 4 aromatic carbocycles. The molecule has 0 saturated heterocycles. The van der Waals surface area contributed by atoms with Crippen molar-refractivity contribution in [1.82, 2.24) is 0 Å². The third-order valence-corrected chi connectivity index (χ3v) is 12.7. The van der Waals surface area contributed by atoms with Gasteiger partial charge in [0.05, 0.1) is 0 Å². The van der Waals surface area contributed by atoms with Gasteiger partial charge in [-0.15, -0.1) is 0 Å². The molecule has 346 valence electrons. The molecule has 0 amide bonds. The summed E-state index contributed by atoms with van der Waals surface area (Å²) in [7, 11) is 0. The Labute approximate surface area is 391 Å². The third kappa shape index (κ3) is 15.8. The molecule has 5 rings (SSSR count). The summed E-state index contributed by atoms with van der Waals surface area (Å²) in [5, 5.41) is 0. The number of benzene rings is 4. The molecule has 1 aliphatic heterocycles. The average molecular weight is 898 g/mol. The van der Waals surface area contributed by atoms with E-state index >= 15 is 0 Å². The maximum atomic E-state index is 12.5. The molecule has 0 atom stereocenters. The van der Waals surface area contributed by atoms with Crippen molar-refractivity contribution in [2.45, 2.75) is 197 Å². The molecule has 0 N–H and O–H groups in total. The molecule has 0 aromatic heterocycles. The Balaban J connectivity index is 0.000000424. The Hall–Kier alpha value is -3.63. The average Bonchev–Trinajstić information content (AvgIpc) is 3.58. The monoisotopic (exact) mass is 897 g/mol. The van der Waals surface area contributed by atoms with E-state index in [-0.39, 0.29) is 0 Å². The van der Waals surface area contributed by atoms with Gasteiger partial charge in [-0.1, -0.05) is 107 Å². The number of nitrogens with zero attached hydrogens (tertiary/aromatic N) is 2. The predicted octanol–water partition coefficient (Wildman–Crippen LogP) is 17.1. The first-order chi connectivity index (χ1) is 30.9. The van der Waals surface area contributed by atoms with Crippen molar-refractivity contribution in [2.24, 2.45) is 0 Å². The van der Waals surface area contributed by atoms with E-state index in [4.69, 9.17) is 7.76 Å². The molecule has 63 heavy (non-hydrogen) atoms.